The molecule has 1 aromatic heterocycles. The summed E-state index contributed by atoms with van der Waals surface area (Å²) in [5.74, 6) is -1.21. The van der Waals surface area contributed by atoms with Crippen LogP contribution in [-0.4, -0.2) is 22.1 Å². The molecule has 1 heterocycles. The number of carboxylic acid groups (broad SMARTS) is 1. The van der Waals surface area contributed by atoms with Crippen molar-refractivity contribution in [2.45, 2.75) is 31.5 Å². The minimum absolute atomic E-state index is 0.192. The van der Waals surface area contributed by atoms with E-state index in [0.29, 0.717) is 12.0 Å². The van der Waals surface area contributed by atoms with Crippen molar-refractivity contribution in [1.29, 1.82) is 0 Å². The van der Waals surface area contributed by atoms with Gasteiger partial charge in [0.1, 0.15) is 0 Å². The Labute approximate surface area is 139 Å². The summed E-state index contributed by atoms with van der Waals surface area (Å²) < 4.78 is 17.2. The van der Waals surface area contributed by atoms with E-state index in [9.17, 15) is 19.4 Å². The number of rotatable bonds is 9. The fourth-order valence-electron chi connectivity index (χ4n) is 2.20. The SMILES string of the molecule is O=C(O)C(CCCc1ccsc1)OP(=O)(O)Cc1ccccc1. The highest BCUT2D eigenvalue weighted by Crippen LogP contribution is 2.47. The summed E-state index contributed by atoms with van der Waals surface area (Å²) in [5.41, 5.74) is 1.77. The number of carboxylic acids is 1. The Morgan fingerprint density at radius 1 is 1.22 bits per heavy atom. The highest BCUT2D eigenvalue weighted by Gasteiger charge is 2.29. The molecule has 0 fully saturated rings. The summed E-state index contributed by atoms with van der Waals surface area (Å²) in [4.78, 5) is 21.2. The van der Waals surface area contributed by atoms with Crippen molar-refractivity contribution in [1.82, 2.24) is 0 Å². The maximum absolute atomic E-state index is 12.2. The molecule has 7 heteroatoms. The van der Waals surface area contributed by atoms with E-state index in [1.54, 1.807) is 41.7 Å². The predicted octanol–water partition coefficient (Wildman–Crippen LogP) is 3.93. The number of hydrogen-bond donors (Lipinski definition) is 2. The zero-order valence-electron chi connectivity index (χ0n) is 12.5. The highest BCUT2D eigenvalue weighted by atomic mass is 32.1. The van der Waals surface area contributed by atoms with E-state index in [1.165, 1.54) is 0 Å². The van der Waals surface area contributed by atoms with Gasteiger partial charge in [-0.2, -0.15) is 11.3 Å². The van der Waals surface area contributed by atoms with Crippen LogP contribution in [0.1, 0.15) is 24.0 Å². The third-order valence-electron chi connectivity index (χ3n) is 3.30. The first-order chi connectivity index (χ1) is 11.0. The van der Waals surface area contributed by atoms with Crippen molar-refractivity contribution in [3.05, 3.63) is 58.3 Å². The van der Waals surface area contributed by atoms with Crippen LogP contribution in [0, 0.1) is 0 Å². The minimum Gasteiger partial charge on any atom is -0.479 e. The fraction of sp³-hybridized carbons (Fsp3) is 0.312. The molecule has 0 spiro atoms. The largest absolute Gasteiger partial charge is 0.479 e. The first-order valence-corrected chi connectivity index (χ1v) is 9.95. The van der Waals surface area contributed by atoms with Crippen molar-refractivity contribution < 1.29 is 23.9 Å². The fourth-order valence-corrected chi connectivity index (χ4v) is 4.24. The number of aryl methyl sites for hydroxylation is 1. The van der Waals surface area contributed by atoms with E-state index in [1.807, 2.05) is 16.8 Å². The average Bonchev–Trinajstić information content (AvgIpc) is 2.99. The van der Waals surface area contributed by atoms with E-state index in [4.69, 9.17) is 4.52 Å². The Bertz CT molecular complexity index is 656. The lowest BCUT2D eigenvalue weighted by molar-refractivity contribution is -0.145. The maximum atomic E-state index is 12.2. The number of thiophene rings is 1. The highest BCUT2D eigenvalue weighted by molar-refractivity contribution is 7.52. The summed E-state index contributed by atoms with van der Waals surface area (Å²) in [7, 11) is -4.00. The van der Waals surface area contributed by atoms with Gasteiger partial charge in [0.05, 0.1) is 6.16 Å². The van der Waals surface area contributed by atoms with Gasteiger partial charge in [-0.25, -0.2) is 4.79 Å². The van der Waals surface area contributed by atoms with Crippen molar-refractivity contribution in [3.8, 4) is 0 Å². The van der Waals surface area contributed by atoms with Crippen LogP contribution >= 0.6 is 18.9 Å². The molecule has 0 aliphatic carbocycles. The summed E-state index contributed by atoms with van der Waals surface area (Å²) in [6.45, 7) is 0. The van der Waals surface area contributed by atoms with Gasteiger partial charge in [0, 0.05) is 0 Å². The van der Waals surface area contributed by atoms with Gasteiger partial charge in [0.25, 0.3) is 0 Å². The van der Waals surface area contributed by atoms with Crippen LogP contribution in [0.15, 0.2) is 47.2 Å². The van der Waals surface area contributed by atoms with E-state index < -0.39 is 19.7 Å². The van der Waals surface area contributed by atoms with Gasteiger partial charge in [-0.15, -0.1) is 0 Å². The van der Waals surface area contributed by atoms with Gasteiger partial charge in [-0.1, -0.05) is 30.3 Å². The van der Waals surface area contributed by atoms with Crippen molar-refractivity contribution in [2.24, 2.45) is 0 Å². The summed E-state index contributed by atoms with van der Waals surface area (Å²) in [6.07, 6.45) is 0.0460. The number of benzene rings is 1. The quantitative estimate of drug-likeness (QED) is 0.667. The van der Waals surface area contributed by atoms with Crippen LogP contribution in [0.2, 0.25) is 0 Å². The molecule has 0 saturated carbocycles. The van der Waals surface area contributed by atoms with Crippen molar-refractivity contribution >= 4 is 24.9 Å². The smallest absolute Gasteiger partial charge is 0.333 e. The molecule has 0 bridgehead atoms. The number of hydrogen-bond acceptors (Lipinski definition) is 4. The molecule has 23 heavy (non-hydrogen) atoms. The molecule has 2 unspecified atom stereocenters. The maximum Gasteiger partial charge on any atom is 0.333 e. The second-order valence-electron chi connectivity index (χ2n) is 5.24. The normalized spacial score (nSPS) is 15.0. The van der Waals surface area contributed by atoms with Crippen LogP contribution in [0.3, 0.4) is 0 Å². The van der Waals surface area contributed by atoms with Crippen molar-refractivity contribution in [2.75, 3.05) is 0 Å². The van der Waals surface area contributed by atoms with Gasteiger partial charge in [-0.3, -0.25) is 9.09 Å². The molecule has 0 radical (unpaired) electrons. The lowest BCUT2D eigenvalue weighted by atomic mass is 10.1. The minimum atomic E-state index is -4.00. The summed E-state index contributed by atoms with van der Waals surface area (Å²) in [5, 5.41) is 13.2. The van der Waals surface area contributed by atoms with Crippen LogP contribution in [0.5, 0.6) is 0 Å². The summed E-state index contributed by atoms with van der Waals surface area (Å²) in [6, 6.07) is 10.7. The molecule has 2 N–H and O–H groups in total. The Morgan fingerprint density at radius 3 is 2.57 bits per heavy atom. The topological polar surface area (TPSA) is 83.8 Å². The molecule has 124 valence electrons. The first-order valence-electron chi connectivity index (χ1n) is 7.24. The Balaban J connectivity index is 1.89. The number of carbonyl (C=O) groups is 1. The average molecular weight is 354 g/mol. The molecule has 0 aliphatic rings. The van der Waals surface area contributed by atoms with Gasteiger partial charge < -0.3 is 10.00 Å². The Morgan fingerprint density at radius 2 is 1.96 bits per heavy atom. The second kappa shape index (κ2) is 8.41. The van der Waals surface area contributed by atoms with Gasteiger partial charge in [-0.05, 0) is 47.2 Å². The third kappa shape index (κ3) is 6.28. The monoisotopic (exact) mass is 354 g/mol. The molecule has 0 saturated heterocycles. The van der Waals surface area contributed by atoms with E-state index in [2.05, 4.69) is 0 Å². The zero-order valence-corrected chi connectivity index (χ0v) is 14.2. The molecule has 2 aromatic rings. The van der Waals surface area contributed by atoms with Gasteiger partial charge >= 0.3 is 13.6 Å². The molecule has 2 atom stereocenters. The van der Waals surface area contributed by atoms with Crippen LogP contribution < -0.4 is 0 Å². The molecule has 0 amide bonds. The predicted molar refractivity (Wildman–Crippen MR) is 89.7 cm³/mol. The van der Waals surface area contributed by atoms with Crippen LogP contribution in [0.4, 0.5) is 0 Å². The second-order valence-corrected chi connectivity index (χ2v) is 7.82. The Hall–Kier alpha value is -1.46. The van der Waals surface area contributed by atoms with Crippen LogP contribution in [-0.2, 0) is 26.5 Å². The molecular weight excluding hydrogens is 335 g/mol. The third-order valence-corrected chi connectivity index (χ3v) is 5.39. The number of aliphatic carboxylic acids is 1. The van der Waals surface area contributed by atoms with Gasteiger partial charge in [0.15, 0.2) is 6.10 Å². The Kier molecular flexibility index (Phi) is 6.54. The molecule has 2 rings (SSSR count). The van der Waals surface area contributed by atoms with Crippen LogP contribution in [0.25, 0.3) is 0 Å². The molecule has 1 aromatic carbocycles. The van der Waals surface area contributed by atoms with E-state index >= 15 is 0 Å². The van der Waals surface area contributed by atoms with E-state index in [0.717, 1.165) is 12.0 Å². The zero-order chi connectivity index (χ0) is 16.7. The molecule has 5 nitrogen and oxygen atoms in total. The van der Waals surface area contributed by atoms with E-state index in [-0.39, 0.29) is 12.6 Å². The lowest BCUT2D eigenvalue weighted by Crippen LogP contribution is -2.23. The van der Waals surface area contributed by atoms with Gasteiger partial charge in [0.2, 0.25) is 0 Å². The standard InChI is InChI=1S/C16H19O5PS/c17-16(18)15(8-4-7-14-9-10-23-12-14)21-22(19,20)11-13-5-2-1-3-6-13/h1-3,5-6,9-10,12,15H,4,7-8,11H2,(H,17,18)(H,19,20). The molecular formula is C16H19O5PS. The van der Waals surface area contributed by atoms with Crippen molar-refractivity contribution in [3.63, 3.8) is 0 Å². The molecule has 0 aliphatic heterocycles. The summed E-state index contributed by atoms with van der Waals surface area (Å²) >= 11 is 1.58. The first kappa shape index (κ1) is 17.9. The lowest BCUT2D eigenvalue weighted by Gasteiger charge is -2.18.